The van der Waals surface area contributed by atoms with E-state index in [0.29, 0.717) is 6.67 Å². The molecule has 0 saturated carbocycles. The van der Waals surface area contributed by atoms with Crippen molar-refractivity contribution < 1.29 is 4.74 Å². The molecule has 2 aliphatic rings. The summed E-state index contributed by atoms with van der Waals surface area (Å²) < 4.78 is 7.57. The summed E-state index contributed by atoms with van der Waals surface area (Å²) in [5, 5.41) is 11.6. The van der Waals surface area contributed by atoms with Crippen LogP contribution < -0.4 is 16.4 Å². The summed E-state index contributed by atoms with van der Waals surface area (Å²) in [5.74, 6) is 0.904. The second-order valence-corrected chi connectivity index (χ2v) is 6.27. The number of nitrogens with zero attached hydrogens (tertiary/aromatic N) is 2. The smallest absolute Gasteiger partial charge is 0.243 e. The number of fused-ring (bicyclic) bond motifs is 1. The fraction of sp³-hybridized carbons (Fsp3) is 0.333. The van der Waals surface area contributed by atoms with Crippen LogP contribution in [0.5, 0.6) is 0 Å². The standard InChI is InChI=1S/C18H21N5O/c1-11-8-14(9-12(2)24-11)15-16(13-6-4-3-5-7-13)22-18(19)23-17(15)20-10-21-23/h3-8,11-12,19-21H,9-10H2,1-2H3. The number of benzene rings is 1. The molecule has 124 valence electrons. The lowest BCUT2D eigenvalue weighted by molar-refractivity contribution is 0.0304. The third-order valence-corrected chi connectivity index (χ3v) is 4.38. The van der Waals surface area contributed by atoms with Crippen molar-refractivity contribution in [3.05, 3.63) is 47.6 Å². The van der Waals surface area contributed by atoms with E-state index in [0.717, 1.165) is 29.1 Å². The molecule has 1 aromatic heterocycles. The van der Waals surface area contributed by atoms with Crippen LogP contribution in [-0.4, -0.2) is 28.5 Å². The third kappa shape index (κ3) is 2.49. The average Bonchev–Trinajstić information content (AvgIpc) is 3.04. The molecule has 4 rings (SSSR count). The van der Waals surface area contributed by atoms with Crippen molar-refractivity contribution >= 4 is 11.4 Å². The van der Waals surface area contributed by atoms with Gasteiger partial charge in [-0.25, -0.2) is 9.66 Å². The molecular weight excluding hydrogens is 302 g/mol. The molecule has 2 aliphatic heterocycles. The van der Waals surface area contributed by atoms with Gasteiger partial charge in [-0.3, -0.25) is 5.41 Å². The number of nitrogens with one attached hydrogen (secondary N) is 3. The maximum absolute atomic E-state index is 8.24. The maximum Gasteiger partial charge on any atom is 0.243 e. The first-order chi connectivity index (χ1) is 11.6. The Morgan fingerprint density at radius 1 is 1.25 bits per heavy atom. The van der Waals surface area contributed by atoms with Crippen molar-refractivity contribution in [2.45, 2.75) is 32.5 Å². The summed E-state index contributed by atoms with van der Waals surface area (Å²) >= 11 is 0. The van der Waals surface area contributed by atoms with Crippen LogP contribution in [0.4, 0.5) is 5.82 Å². The summed E-state index contributed by atoms with van der Waals surface area (Å²) in [7, 11) is 0. The molecule has 0 fully saturated rings. The van der Waals surface area contributed by atoms with Gasteiger partial charge in [0.25, 0.3) is 0 Å². The number of aromatic nitrogens is 2. The minimum atomic E-state index is 0.0677. The molecule has 2 aromatic rings. The van der Waals surface area contributed by atoms with E-state index in [1.165, 1.54) is 5.57 Å². The van der Waals surface area contributed by atoms with Crippen molar-refractivity contribution in [1.29, 1.82) is 5.41 Å². The Morgan fingerprint density at radius 2 is 2.04 bits per heavy atom. The Balaban J connectivity index is 1.98. The summed E-state index contributed by atoms with van der Waals surface area (Å²) in [5.41, 5.74) is 7.48. The van der Waals surface area contributed by atoms with E-state index in [9.17, 15) is 0 Å². The van der Waals surface area contributed by atoms with Crippen LogP contribution in [0.3, 0.4) is 0 Å². The quantitative estimate of drug-likeness (QED) is 0.794. The highest BCUT2D eigenvalue weighted by atomic mass is 16.5. The SMILES string of the molecule is CC1C=C(c2c(-c3ccccc3)nc(=N)n3c2NCN3)CC(C)O1. The molecular formula is C18H21N5O. The van der Waals surface area contributed by atoms with Crippen LogP contribution in [0.2, 0.25) is 0 Å². The highest BCUT2D eigenvalue weighted by Gasteiger charge is 2.27. The van der Waals surface area contributed by atoms with E-state index in [2.05, 4.69) is 35.7 Å². The van der Waals surface area contributed by atoms with Gasteiger partial charge in [0, 0.05) is 11.1 Å². The number of ether oxygens (including phenoxy) is 1. The molecule has 3 N–H and O–H groups in total. The van der Waals surface area contributed by atoms with E-state index in [-0.39, 0.29) is 17.8 Å². The zero-order chi connectivity index (χ0) is 16.7. The van der Waals surface area contributed by atoms with Crippen molar-refractivity contribution in [2.24, 2.45) is 0 Å². The Kier molecular flexibility index (Phi) is 3.61. The number of rotatable bonds is 2. The van der Waals surface area contributed by atoms with Gasteiger partial charge in [0.05, 0.1) is 17.9 Å². The van der Waals surface area contributed by atoms with Crippen molar-refractivity contribution in [2.75, 3.05) is 17.4 Å². The zero-order valence-corrected chi connectivity index (χ0v) is 13.8. The normalized spacial score (nSPS) is 22.3. The summed E-state index contributed by atoms with van der Waals surface area (Å²) in [6.45, 7) is 4.74. The van der Waals surface area contributed by atoms with Crippen LogP contribution in [0, 0.1) is 5.41 Å². The number of hydrogen-bond acceptors (Lipinski definition) is 5. The summed E-state index contributed by atoms with van der Waals surface area (Å²) in [6, 6.07) is 10.1. The number of hydrogen-bond donors (Lipinski definition) is 3. The minimum absolute atomic E-state index is 0.0677. The molecule has 0 radical (unpaired) electrons. The van der Waals surface area contributed by atoms with Gasteiger partial charge in [-0.1, -0.05) is 36.4 Å². The molecule has 0 aliphatic carbocycles. The second kappa shape index (κ2) is 5.79. The maximum atomic E-state index is 8.24. The monoisotopic (exact) mass is 323 g/mol. The summed E-state index contributed by atoms with van der Waals surface area (Å²) in [4.78, 5) is 4.59. The molecule has 0 saturated heterocycles. The largest absolute Gasteiger partial charge is 0.371 e. The average molecular weight is 323 g/mol. The van der Waals surface area contributed by atoms with Crippen molar-refractivity contribution in [3.63, 3.8) is 0 Å². The highest BCUT2D eigenvalue weighted by molar-refractivity contribution is 5.86. The van der Waals surface area contributed by atoms with Crippen LogP contribution in [0.15, 0.2) is 36.4 Å². The summed E-state index contributed by atoms with van der Waals surface area (Å²) in [6.07, 6.45) is 3.22. The van der Waals surface area contributed by atoms with Gasteiger partial charge in [0.15, 0.2) is 0 Å². The van der Waals surface area contributed by atoms with Crippen molar-refractivity contribution in [3.8, 4) is 11.3 Å². The van der Waals surface area contributed by atoms with E-state index >= 15 is 0 Å². The third-order valence-electron chi connectivity index (χ3n) is 4.38. The predicted molar refractivity (Wildman–Crippen MR) is 94.0 cm³/mol. The molecule has 24 heavy (non-hydrogen) atoms. The Hall–Kier alpha value is -2.60. The Bertz CT molecular complexity index is 856. The highest BCUT2D eigenvalue weighted by Crippen LogP contribution is 2.37. The fourth-order valence-electron chi connectivity index (χ4n) is 3.47. The minimum Gasteiger partial charge on any atom is -0.371 e. The van der Waals surface area contributed by atoms with Crippen LogP contribution in [-0.2, 0) is 4.74 Å². The Labute approximate surface area is 140 Å². The van der Waals surface area contributed by atoms with Gasteiger partial charge in [-0.15, -0.1) is 0 Å². The molecule has 0 bridgehead atoms. The molecule has 3 heterocycles. The molecule has 6 nitrogen and oxygen atoms in total. The topological polar surface area (TPSA) is 75.0 Å². The molecule has 6 heteroatoms. The van der Waals surface area contributed by atoms with E-state index < -0.39 is 0 Å². The first-order valence-electron chi connectivity index (χ1n) is 8.25. The second-order valence-electron chi connectivity index (χ2n) is 6.27. The lowest BCUT2D eigenvalue weighted by Crippen LogP contribution is -2.29. The molecule has 2 unspecified atom stereocenters. The first-order valence-corrected chi connectivity index (χ1v) is 8.25. The van der Waals surface area contributed by atoms with Gasteiger partial charge in [-0.2, -0.15) is 0 Å². The predicted octanol–water partition coefficient (Wildman–Crippen LogP) is 2.54. The molecule has 2 atom stereocenters. The molecule has 0 amide bonds. The van der Waals surface area contributed by atoms with E-state index in [1.807, 2.05) is 30.3 Å². The van der Waals surface area contributed by atoms with Gasteiger partial charge < -0.3 is 15.5 Å². The lowest BCUT2D eigenvalue weighted by Gasteiger charge is -2.27. The zero-order valence-electron chi connectivity index (χ0n) is 13.8. The lowest BCUT2D eigenvalue weighted by atomic mass is 9.93. The van der Waals surface area contributed by atoms with Gasteiger partial charge >= 0.3 is 0 Å². The fourth-order valence-corrected chi connectivity index (χ4v) is 3.47. The number of anilines is 1. The van der Waals surface area contributed by atoms with Crippen molar-refractivity contribution in [1.82, 2.24) is 9.66 Å². The van der Waals surface area contributed by atoms with Crippen LogP contribution in [0.1, 0.15) is 25.8 Å². The van der Waals surface area contributed by atoms with E-state index in [1.54, 1.807) is 4.68 Å². The van der Waals surface area contributed by atoms with Gasteiger partial charge in [0.2, 0.25) is 5.62 Å². The van der Waals surface area contributed by atoms with E-state index in [4.69, 9.17) is 10.1 Å². The molecule has 1 aromatic carbocycles. The first kappa shape index (κ1) is 15.0. The van der Waals surface area contributed by atoms with Gasteiger partial charge in [0.1, 0.15) is 12.5 Å². The molecule has 0 spiro atoms. The Morgan fingerprint density at radius 3 is 2.79 bits per heavy atom. The van der Waals surface area contributed by atoms with Crippen LogP contribution in [0.25, 0.3) is 16.8 Å². The van der Waals surface area contributed by atoms with Gasteiger partial charge in [-0.05, 0) is 25.8 Å². The van der Waals surface area contributed by atoms with Crippen LogP contribution >= 0.6 is 0 Å².